The molecule has 11 heteroatoms. The molecule has 0 fully saturated rings. The second-order valence-electron chi connectivity index (χ2n) is 5.85. The summed E-state index contributed by atoms with van der Waals surface area (Å²) >= 11 is 6.80. The molecule has 3 heterocycles. The fourth-order valence-corrected chi connectivity index (χ4v) is 5.04. The highest BCUT2D eigenvalue weighted by molar-refractivity contribution is 7.94. The largest absolute Gasteiger partial charge is 0.439 e. The van der Waals surface area contributed by atoms with E-state index >= 15 is 0 Å². The molecule has 0 aliphatic rings. The summed E-state index contributed by atoms with van der Waals surface area (Å²) in [6.45, 7) is 1.87. The monoisotopic (exact) mass is 447 g/mol. The van der Waals surface area contributed by atoms with Gasteiger partial charge in [-0.05, 0) is 43.3 Å². The number of halogens is 1. The molecule has 1 aromatic carbocycles. The van der Waals surface area contributed by atoms with Crippen molar-refractivity contribution in [3.8, 4) is 17.4 Å². The second-order valence-corrected chi connectivity index (χ2v) is 9.47. The molecule has 3 aromatic heterocycles. The molecule has 0 bridgehead atoms. The van der Waals surface area contributed by atoms with Gasteiger partial charge in [-0.15, -0.1) is 11.3 Å². The Morgan fingerprint density at radius 1 is 1.10 bits per heavy atom. The van der Waals surface area contributed by atoms with E-state index in [0.29, 0.717) is 27.5 Å². The third-order valence-electron chi connectivity index (χ3n) is 3.84. The topological polar surface area (TPSA) is 99.0 Å². The molecule has 0 saturated heterocycles. The number of imidazole rings is 1. The van der Waals surface area contributed by atoms with Crippen LogP contribution in [0.3, 0.4) is 0 Å². The Morgan fingerprint density at radius 3 is 2.55 bits per heavy atom. The van der Waals surface area contributed by atoms with Crippen LogP contribution in [0.2, 0.25) is 4.34 Å². The molecule has 0 saturated carbocycles. The summed E-state index contributed by atoms with van der Waals surface area (Å²) in [4.78, 5) is 12.5. The van der Waals surface area contributed by atoms with Crippen LogP contribution in [-0.4, -0.2) is 27.9 Å². The van der Waals surface area contributed by atoms with Crippen LogP contribution in [0.5, 0.6) is 11.6 Å². The van der Waals surface area contributed by atoms with Crippen molar-refractivity contribution in [1.82, 2.24) is 19.5 Å². The van der Waals surface area contributed by atoms with Crippen LogP contribution in [0, 0.1) is 6.92 Å². The van der Waals surface area contributed by atoms with Gasteiger partial charge in [-0.3, -0.25) is 9.29 Å². The number of benzene rings is 1. The van der Waals surface area contributed by atoms with Crippen molar-refractivity contribution in [3.63, 3.8) is 0 Å². The van der Waals surface area contributed by atoms with Crippen LogP contribution >= 0.6 is 22.9 Å². The molecule has 4 rings (SSSR count). The quantitative estimate of drug-likeness (QED) is 0.473. The van der Waals surface area contributed by atoms with Crippen molar-refractivity contribution in [3.05, 3.63) is 71.3 Å². The van der Waals surface area contributed by atoms with Gasteiger partial charge in [-0.25, -0.2) is 23.4 Å². The molecule has 0 atom stereocenters. The first-order valence-corrected chi connectivity index (χ1v) is 11.0. The summed E-state index contributed by atoms with van der Waals surface area (Å²) in [5.74, 6) is 2.27. The van der Waals surface area contributed by atoms with E-state index in [1.54, 1.807) is 48.8 Å². The van der Waals surface area contributed by atoms with E-state index in [-0.39, 0.29) is 4.21 Å². The van der Waals surface area contributed by atoms with Crippen molar-refractivity contribution in [2.75, 3.05) is 4.72 Å². The molecule has 0 aliphatic carbocycles. The number of anilines is 1. The molecule has 4 aromatic rings. The van der Waals surface area contributed by atoms with Crippen LogP contribution in [0.4, 0.5) is 5.69 Å². The maximum atomic E-state index is 12.4. The highest BCUT2D eigenvalue weighted by Crippen LogP contribution is 2.28. The van der Waals surface area contributed by atoms with Gasteiger partial charge in [0, 0.05) is 24.1 Å². The number of hydrogen-bond donors (Lipinski definition) is 1. The van der Waals surface area contributed by atoms with E-state index < -0.39 is 10.0 Å². The Morgan fingerprint density at radius 2 is 1.90 bits per heavy atom. The summed E-state index contributed by atoms with van der Waals surface area (Å²) < 4.78 is 35.3. The lowest BCUT2D eigenvalue weighted by atomic mass is 10.3. The zero-order valence-electron chi connectivity index (χ0n) is 15.0. The minimum atomic E-state index is -3.69. The molecule has 8 nitrogen and oxygen atoms in total. The molecular weight excluding hydrogens is 434 g/mol. The van der Waals surface area contributed by atoms with Crippen molar-refractivity contribution in [2.24, 2.45) is 0 Å². The fraction of sp³-hybridized carbons (Fsp3) is 0.0556. The normalized spacial score (nSPS) is 11.4. The Balaban J connectivity index is 1.48. The lowest BCUT2D eigenvalue weighted by Gasteiger charge is -2.09. The van der Waals surface area contributed by atoms with Crippen LogP contribution in [0.25, 0.3) is 5.82 Å². The molecular formula is C18H14ClN5O3S2. The Kier molecular flexibility index (Phi) is 5.22. The molecule has 0 spiro atoms. The lowest BCUT2D eigenvalue weighted by Crippen LogP contribution is -2.11. The van der Waals surface area contributed by atoms with Gasteiger partial charge in [0.2, 0.25) is 5.88 Å². The van der Waals surface area contributed by atoms with E-state index in [1.165, 1.54) is 12.4 Å². The van der Waals surface area contributed by atoms with Gasteiger partial charge in [0.15, 0.2) is 0 Å². The molecule has 0 amide bonds. The summed E-state index contributed by atoms with van der Waals surface area (Å²) in [5, 5.41) is 0. The predicted molar refractivity (Wildman–Crippen MR) is 111 cm³/mol. The van der Waals surface area contributed by atoms with E-state index in [4.69, 9.17) is 16.3 Å². The lowest BCUT2D eigenvalue weighted by molar-refractivity contribution is 0.461. The van der Waals surface area contributed by atoms with Gasteiger partial charge in [0.25, 0.3) is 10.0 Å². The Bertz CT molecular complexity index is 1250. The third-order valence-corrected chi connectivity index (χ3v) is 6.95. The predicted octanol–water partition coefficient (Wildman–Crippen LogP) is 4.28. The highest BCUT2D eigenvalue weighted by atomic mass is 35.5. The number of ether oxygens (including phenoxy) is 1. The van der Waals surface area contributed by atoms with E-state index in [9.17, 15) is 8.42 Å². The maximum absolute atomic E-state index is 12.4. The molecule has 29 heavy (non-hydrogen) atoms. The summed E-state index contributed by atoms with van der Waals surface area (Å²) in [6, 6.07) is 11.2. The minimum absolute atomic E-state index is 0.145. The van der Waals surface area contributed by atoms with Gasteiger partial charge in [0.05, 0.1) is 4.34 Å². The van der Waals surface area contributed by atoms with Crippen LogP contribution < -0.4 is 9.46 Å². The first-order chi connectivity index (χ1) is 13.9. The SMILES string of the molecule is Cc1nccn1-c1cc(Oc2ccc(NS(=O)(=O)c3ccc(Cl)s3)cc2)ncn1. The molecule has 148 valence electrons. The van der Waals surface area contributed by atoms with Crippen molar-refractivity contribution in [2.45, 2.75) is 11.1 Å². The van der Waals surface area contributed by atoms with Crippen LogP contribution in [0.1, 0.15) is 5.82 Å². The zero-order valence-corrected chi connectivity index (χ0v) is 17.4. The van der Waals surface area contributed by atoms with Gasteiger partial charge in [-0.2, -0.15) is 0 Å². The van der Waals surface area contributed by atoms with Crippen molar-refractivity contribution in [1.29, 1.82) is 0 Å². The zero-order chi connectivity index (χ0) is 20.4. The summed E-state index contributed by atoms with van der Waals surface area (Å²) in [6.07, 6.45) is 4.88. The average Bonchev–Trinajstić information content (AvgIpc) is 3.32. The number of aryl methyl sites for hydroxylation is 1. The van der Waals surface area contributed by atoms with Gasteiger partial charge in [0.1, 0.15) is 27.9 Å². The molecule has 0 aliphatic heterocycles. The maximum Gasteiger partial charge on any atom is 0.271 e. The van der Waals surface area contributed by atoms with Gasteiger partial charge < -0.3 is 4.74 Å². The van der Waals surface area contributed by atoms with Gasteiger partial charge in [-0.1, -0.05) is 11.6 Å². The number of aromatic nitrogens is 4. The number of hydrogen-bond acceptors (Lipinski definition) is 7. The second kappa shape index (κ2) is 7.82. The fourth-order valence-electron chi connectivity index (χ4n) is 2.50. The number of rotatable bonds is 6. The Labute approximate surface area is 175 Å². The highest BCUT2D eigenvalue weighted by Gasteiger charge is 2.16. The van der Waals surface area contributed by atoms with E-state index in [2.05, 4.69) is 19.7 Å². The number of thiophene rings is 1. The van der Waals surface area contributed by atoms with Crippen LogP contribution in [-0.2, 0) is 10.0 Å². The third kappa shape index (κ3) is 4.39. The number of nitrogens with one attached hydrogen (secondary N) is 1. The van der Waals surface area contributed by atoms with Crippen molar-refractivity contribution >= 4 is 38.6 Å². The standard InChI is InChI=1S/C18H14ClN5O3S2/c1-12-20-8-9-24(12)16-10-17(22-11-21-16)27-14-4-2-13(3-5-14)23-29(25,26)18-7-6-15(19)28-18/h2-11,23H,1H3. The first-order valence-electron chi connectivity index (χ1n) is 8.29. The van der Waals surface area contributed by atoms with E-state index in [1.807, 2.05) is 11.5 Å². The summed E-state index contributed by atoms with van der Waals surface area (Å²) in [5.41, 5.74) is 0.402. The van der Waals surface area contributed by atoms with Crippen LogP contribution in [0.15, 0.2) is 65.4 Å². The molecule has 1 N–H and O–H groups in total. The van der Waals surface area contributed by atoms with E-state index in [0.717, 1.165) is 17.2 Å². The molecule has 0 unspecified atom stereocenters. The number of sulfonamides is 1. The first kappa shape index (κ1) is 19.4. The average molecular weight is 448 g/mol. The summed E-state index contributed by atoms with van der Waals surface area (Å²) in [7, 11) is -3.69. The van der Waals surface area contributed by atoms with Crippen molar-refractivity contribution < 1.29 is 13.2 Å². The Hall–Kier alpha value is -2.95. The smallest absolute Gasteiger partial charge is 0.271 e. The minimum Gasteiger partial charge on any atom is -0.439 e. The van der Waals surface area contributed by atoms with Gasteiger partial charge >= 0.3 is 0 Å². The number of nitrogens with zero attached hydrogens (tertiary/aromatic N) is 4. The molecule has 0 radical (unpaired) electrons.